The van der Waals surface area contributed by atoms with Crippen molar-refractivity contribution in [2.75, 3.05) is 4.72 Å². The molecule has 7 heteroatoms. The molecular formula is C11H9BrClNO2S2. The minimum absolute atomic E-state index is 0.256. The van der Waals surface area contributed by atoms with Crippen molar-refractivity contribution >= 4 is 54.6 Å². The van der Waals surface area contributed by atoms with Crippen LogP contribution in [0.25, 0.3) is 0 Å². The van der Waals surface area contributed by atoms with E-state index in [0.29, 0.717) is 10.7 Å². The van der Waals surface area contributed by atoms with Crippen LogP contribution in [0.3, 0.4) is 0 Å². The van der Waals surface area contributed by atoms with E-state index in [1.807, 2.05) is 6.92 Å². The standard InChI is InChI=1S/C11H9BrClNO2S2/c1-7-2-3-8(6-9(7)13)14-18(15,16)11-5-4-10(12)17-11/h2-6,14H,1H3. The fourth-order valence-electron chi connectivity index (χ4n) is 1.30. The van der Waals surface area contributed by atoms with E-state index in [9.17, 15) is 8.42 Å². The van der Waals surface area contributed by atoms with Gasteiger partial charge in [0.25, 0.3) is 10.0 Å². The van der Waals surface area contributed by atoms with Gasteiger partial charge in [-0.3, -0.25) is 4.72 Å². The second-order valence-electron chi connectivity index (χ2n) is 3.63. The van der Waals surface area contributed by atoms with Gasteiger partial charge in [-0.1, -0.05) is 17.7 Å². The molecular weight excluding hydrogens is 358 g/mol. The quantitative estimate of drug-likeness (QED) is 0.881. The Morgan fingerprint density at radius 2 is 2.00 bits per heavy atom. The normalized spacial score (nSPS) is 11.5. The topological polar surface area (TPSA) is 46.2 Å². The third-order valence-corrected chi connectivity index (χ3v) is 6.14. The van der Waals surface area contributed by atoms with Crippen LogP contribution in [0.1, 0.15) is 5.56 Å². The van der Waals surface area contributed by atoms with Crippen molar-refractivity contribution in [3.63, 3.8) is 0 Å². The molecule has 0 aliphatic carbocycles. The first-order valence-corrected chi connectivity index (χ1v) is 8.40. The number of nitrogens with one attached hydrogen (secondary N) is 1. The Labute approximate surface area is 123 Å². The van der Waals surface area contributed by atoms with Crippen LogP contribution in [0.15, 0.2) is 38.3 Å². The number of anilines is 1. The van der Waals surface area contributed by atoms with Gasteiger partial charge < -0.3 is 0 Å². The lowest BCUT2D eigenvalue weighted by Crippen LogP contribution is -2.11. The lowest BCUT2D eigenvalue weighted by Gasteiger charge is -2.07. The van der Waals surface area contributed by atoms with E-state index in [4.69, 9.17) is 11.6 Å². The molecule has 0 bridgehead atoms. The molecule has 1 aromatic heterocycles. The molecule has 0 radical (unpaired) electrons. The fourth-order valence-corrected chi connectivity index (χ4v) is 4.54. The van der Waals surface area contributed by atoms with Gasteiger partial charge in [0, 0.05) is 5.02 Å². The molecule has 1 aromatic carbocycles. The number of halogens is 2. The zero-order chi connectivity index (χ0) is 13.3. The molecule has 0 amide bonds. The van der Waals surface area contributed by atoms with E-state index in [0.717, 1.165) is 20.7 Å². The Balaban J connectivity index is 2.30. The minimum atomic E-state index is -3.54. The number of hydrogen-bond donors (Lipinski definition) is 1. The molecule has 0 saturated carbocycles. The minimum Gasteiger partial charge on any atom is -0.279 e. The molecule has 96 valence electrons. The van der Waals surface area contributed by atoms with Crippen LogP contribution < -0.4 is 4.72 Å². The van der Waals surface area contributed by atoms with Crippen molar-refractivity contribution in [1.82, 2.24) is 0 Å². The summed E-state index contributed by atoms with van der Waals surface area (Å²) in [6.07, 6.45) is 0. The molecule has 18 heavy (non-hydrogen) atoms. The molecule has 1 heterocycles. The average molecular weight is 367 g/mol. The highest BCUT2D eigenvalue weighted by Crippen LogP contribution is 2.28. The zero-order valence-corrected chi connectivity index (χ0v) is 13.3. The van der Waals surface area contributed by atoms with Crippen molar-refractivity contribution in [3.8, 4) is 0 Å². The van der Waals surface area contributed by atoms with Crippen molar-refractivity contribution in [1.29, 1.82) is 0 Å². The SMILES string of the molecule is Cc1ccc(NS(=O)(=O)c2ccc(Br)s2)cc1Cl. The molecule has 2 aromatic rings. The second kappa shape index (κ2) is 5.21. The number of sulfonamides is 1. The Morgan fingerprint density at radius 3 is 2.56 bits per heavy atom. The summed E-state index contributed by atoms with van der Waals surface area (Å²) in [6.45, 7) is 1.86. The molecule has 0 spiro atoms. The third-order valence-electron chi connectivity index (χ3n) is 2.24. The van der Waals surface area contributed by atoms with Crippen LogP contribution in [0.5, 0.6) is 0 Å². The molecule has 3 nitrogen and oxygen atoms in total. The van der Waals surface area contributed by atoms with Gasteiger partial charge in [-0.15, -0.1) is 11.3 Å². The van der Waals surface area contributed by atoms with Crippen LogP contribution in [0.2, 0.25) is 5.02 Å². The van der Waals surface area contributed by atoms with Gasteiger partial charge in [-0.2, -0.15) is 0 Å². The Kier molecular flexibility index (Phi) is 4.01. The molecule has 1 N–H and O–H groups in total. The van der Waals surface area contributed by atoms with E-state index in [2.05, 4.69) is 20.7 Å². The van der Waals surface area contributed by atoms with Crippen LogP contribution in [0.4, 0.5) is 5.69 Å². The number of aryl methyl sites for hydroxylation is 1. The first-order chi connectivity index (χ1) is 8.38. The van der Waals surface area contributed by atoms with E-state index >= 15 is 0 Å². The van der Waals surface area contributed by atoms with E-state index in [-0.39, 0.29) is 4.21 Å². The Morgan fingerprint density at radius 1 is 1.28 bits per heavy atom. The van der Waals surface area contributed by atoms with Crippen molar-refractivity contribution in [3.05, 3.63) is 44.7 Å². The lowest BCUT2D eigenvalue weighted by atomic mass is 10.2. The first kappa shape index (κ1) is 13.9. The van der Waals surface area contributed by atoms with Gasteiger partial charge in [0.15, 0.2) is 0 Å². The highest BCUT2D eigenvalue weighted by atomic mass is 79.9. The van der Waals surface area contributed by atoms with Gasteiger partial charge in [-0.25, -0.2) is 8.42 Å². The van der Waals surface area contributed by atoms with Crippen LogP contribution in [-0.2, 0) is 10.0 Å². The second-order valence-corrected chi connectivity index (χ2v) is 8.41. The van der Waals surface area contributed by atoms with Crippen LogP contribution in [-0.4, -0.2) is 8.42 Å². The van der Waals surface area contributed by atoms with E-state index < -0.39 is 10.0 Å². The molecule has 0 fully saturated rings. The summed E-state index contributed by atoms with van der Waals surface area (Å²) in [5, 5.41) is 0.530. The van der Waals surface area contributed by atoms with Crippen molar-refractivity contribution in [2.24, 2.45) is 0 Å². The lowest BCUT2D eigenvalue weighted by molar-refractivity contribution is 0.603. The molecule has 0 atom stereocenters. The van der Waals surface area contributed by atoms with E-state index in [1.54, 1.807) is 30.3 Å². The first-order valence-electron chi connectivity index (χ1n) is 4.93. The van der Waals surface area contributed by atoms with E-state index in [1.165, 1.54) is 0 Å². The maximum Gasteiger partial charge on any atom is 0.271 e. The summed E-state index contributed by atoms with van der Waals surface area (Å²) in [5.41, 5.74) is 1.36. The Bertz CT molecular complexity index is 682. The van der Waals surface area contributed by atoms with Crippen LogP contribution in [0, 0.1) is 6.92 Å². The predicted octanol–water partition coefficient (Wildman–Crippen LogP) is 4.27. The van der Waals surface area contributed by atoms with Crippen molar-refractivity contribution < 1.29 is 8.42 Å². The smallest absolute Gasteiger partial charge is 0.271 e. The third kappa shape index (κ3) is 3.06. The molecule has 2 rings (SSSR count). The summed E-state index contributed by atoms with van der Waals surface area (Å²) in [5.74, 6) is 0. The summed E-state index contributed by atoms with van der Waals surface area (Å²) in [7, 11) is -3.54. The van der Waals surface area contributed by atoms with Crippen molar-refractivity contribution in [2.45, 2.75) is 11.1 Å². The molecule has 0 aliphatic rings. The number of hydrogen-bond acceptors (Lipinski definition) is 3. The highest BCUT2D eigenvalue weighted by molar-refractivity contribution is 9.11. The highest BCUT2D eigenvalue weighted by Gasteiger charge is 2.16. The maximum atomic E-state index is 12.0. The van der Waals surface area contributed by atoms with Crippen LogP contribution >= 0.6 is 38.9 Å². The molecule has 0 unspecified atom stereocenters. The molecule has 0 saturated heterocycles. The number of benzene rings is 1. The summed E-state index contributed by atoms with van der Waals surface area (Å²) in [4.78, 5) is 0. The van der Waals surface area contributed by atoms with Gasteiger partial charge in [0.2, 0.25) is 0 Å². The largest absolute Gasteiger partial charge is 0.279 e. The average Bonchev–Trinajstić information content (AvgIpc) is 2.71. The van der Waals surface area contributed by atoms with Gasteiger partial charge in [0.1, 0.15) is 4.21 Å². The van der Waals surface area contributed by atoms with Gasteiger partial charge in [-0.05, 0) is 52.7 Å². The monoisotopic (exact) mass is 365 g/mol. The predicted molar refractivity (Wildman–Crippen MR) is 79.0 cm³/mol. The van der Waals surface area contributed by atoms with Gasteiger partial charge in [0.05, 0.1) is 9.47 Å². The molecule has 0 aliphatic heterocycles. The fraction of sp³-hybridized carbons (Fsp3) is 0.0909. The zero-order valence-electron chi connectivity index (χ0n) is 9.28. The summed E-state index contributed by atoms with van der Waals surface area (Å²) in [6, 6.07) is 8.29. The summed E-state index contributed by atoms with van der Waals surface area (Å²) < 4.78 is 27.6. The Hall–Kier alpha value is -0.560. The summed E-state index contributed by atoms with van der Waals surface area (Å²) >= 11 is 10.3. The van der Waals surface area contributed by atoms with Gasteiger partial charge >= 0.3 is 0 Å². The number of rotatable bonds is 3. The number of thiophene rings is 1. The maximum absolute atomic E-state index is 12.0.